The summed E-state index contributed by atoms with van der Waals surface area (Å²) in [6, 6.07) is 15.6. The van der Waals surface area contributed by atoms with E-state index in [4.69, 9.17) is 14.7 Å². The van der Waals surface area contributed by atoms with Gasteiger partial charge in [-0.25, -0.2) is 4.98 Å². The van der Waals surface area contributed by atoms with Gasteiger partial charge in [0.05, 0.1) is 23.9 Å². The summed E-state index contributed by atoms with van der Waals surface area (Å²) in [7, 11) is 0. The number of nitrogens with zero attached hydrogens (tertiary/aromatic N) is 2. The Labute approximate surface area is 151 Å². The molecule has 25 heavy (non-hydrogen) atoms. The zero-order valence-electron chi connectivity index (χ0n) is 14.2. The van der Waals surface area contributed by atoms with Gasteiger partial charge in [-0.05, 0) is 26.0 Å². The Kier molecular flexibility index (Phi) is 5.32. The second-order valence-electron chi connectivity index (χ2n) is 5.51. The quantitative estimate of drug-likeness (QED) is 0.630. The average molecular weight is 350 g/mol. The van der Waals surface area contributed by atoms with Crippen LogP contribution >= 0.6 is 11.3 Å². The maximum atomic E-state index is 9.00. The Bertz CT molecular complexity index is 895. The molecule has 3 rings (SSSR count). The first kappa shape index (κ1) is 17.0. The molecule has 0 aliphatic rings. The van der Waals surface area contributed by atoms with Crippen LogP contribution in [0.5, 0.6) is 11.5 Å². The smallest absolute Gasteiger partial charge is 0.162 e. The van der Waals surface area contributed by atoms with Crippen LogP contribution in [0.15, 0.2) is 47.8 Å². The summed E-state index contributed by atoms with van der Waals surface area (Å²) >= 11 is 1.60. The second kappa shape index (κ2) is 7.82. The lowest BCUT2D eigenvalue weighted by molar-refractivity contribution is 0.267. The molecular formula is C20H18N2O2S. The van der Waals surface area contributed by atoms with Gasteiger partial charge in [0.2, 0.25) is 0 Å². The SMILES string of the molecule is CCOc1cc(C#N)ccc1OCc1csc(-c2ccc(C)cc2)n1. The van der Waals surface area contributed by atoms with Crippen LogP contribution in [0.1, 0.15) is 23.7 Å². The summed E-state index contributed by atoms with van der Waals surface area (Å²) in [6.07, 6.45) is 0. The minimum atomic E-state index is 0.355. The molecule has 2 aromatic carbocycles. The van der Waals surface area contributed by atoms with Gasteiger partial charge in [0.1, 0.15) is 11.6 Å². The first-order chi connectivity index (χ1) is 12.2. The van der Waals surface area contributed by atoms with Crippen LogP contribution in [-0.4, -0.2) is 11.6 Å². The molecule has 126 valence electrons. The first-order valence-corrected chi connectivity index (χ1v) is 8.88. The van der Waals surface area contributed by atoms with Crippen molar-refractivity contribution in [1.82, 2.24) is 4.98 Å². The van der Waals surface area contributed by atoms with Gasteiger partial charge >= 0.3 is 0 Å². The van der Waals surface area contributed by atoms with Crippen LogP contribution in [0, 0.1) is 18.3 Å². The number of ether oxygens (including phenoxy) is 2. The van der Waals surface area contributed by atoms with Crippen molar-refractivity contribution < 1.29 is 9.47 Å². The molecule has 0 unspecified atom stereocenters. The Hall–Kier alpha value is -2.84. The largest absolute Gasteiger partial charge is 0.490 e. The highest BCUT2D eigenvalue weighted by molar-refractivity contribution is 7.13. The van der Waals surface area contributed by atoms with Gasteiger partial charge in [-0.1, -0.05) is 29.8 Å². The van der Waals surface area contributed by atoms with E-state index in [-0.39, 0.29) is 0 Å². The third-order valence-corrected chi connectivity index (χ3v) is 4.54. The molecule has 1 aromatic heterocycles. The van der Waals surface area contributed by atoms with Gasteiger partial charge in [-0.15, -0.1) is 11.3 Å². The molecule has 0 bridgehead atoms. The molecule has 5 heteroatoms. The van der Waals surface area contributed by atoms with Crippen LogP contribution in [0.4, 0.5) is 0 Å². The minimum absolute atomic E-state index is 0.355. The molecule has 0 amide bonds. The Morgan fingerprint density at radius 1 is 1.08 bits per heavy atom. The van der Waals surface area contributed by atoms with Crippen LogP contribution in [0.2, 0.25) is 0 Å². The zero-order chi connectivity index (χ0) is 17.6. The van der Waals surface area contributed by atoms with Crippen molar-refractivity contribution in [2.45, 2.75) is 20.5 Å². The Morgan fingerprint density at radius 3 is 2.60 bits per heavy atom. The normalized spacial score (nSPS) is 10.3. The highest BCUT2D eigenvalue weighted by Gasteiger charge is 2.09. The number of rotatable bonds is 6. The third kappa shape index (κ3) is 4.17. The fourth-order valence-corrected chi connectivity index (χ4v) is 3.13. The van der Waals surface area contributed by atoms with Crippen LogP contribution < -0.4 is 9.47 Å². The summed E-state index contributed by atoms with van der Waals surface area (Å²) in [5.74, 6) is 1.20. The third-order valence-electron chi connectivity index (χ3n) is 3.60. The highest BCUT2D eigenvalue weighted by Crippen LogP contribution is 2.30. The van der Waals surface area contributed by atoms with E-state index >= 15 is 0 Å². The van der Waals surface area contributed by atoms with E-state index in [1.807, 2.05) is 12.3 Å². The van der Waals surface area contributed by atoms with E-state index in [1.54, 1.807) is 29.5 Å². The van der Waals surface area contributed by atoms with Crippen molar-refractivity contribution in [3.8, 4) is 28.1 Å². The lowest BCUT2D eigenvalue weighted by atomic mass is 10.2. The molecule has 0 atom stereocenters. The summed E-state index contributed by atoms with van der Waals surface area (Å²) < 4.78 is 11.4. The number of nitriles is 1. The molecule has 0 spiro atoms. The summed E-state index contributed by atoms with van der Waals surface area (Å²) in [4.78, 5) is 4.63. The predicted molar refractivity (Wildman–Crippen MR) is 98.9 cm³/mol. The zero-order valence-corrected chi connectivity index (χ0v) is 15.0. The molecule has 0 saturated heterocycles. The minimum Gasteiger partial charge on any atom is -0.490 e. The van der Waals surface area contributed by atoms with Crippen molar-refractivity contribution in [3.05, 3.63) is 64.7 Å². The van der Waals surface area contributed by atoms with Gasteiger partial charge < -0.3 is 9.47 Å². The first-order valence-electron chi connectivity index (χ1n) is 8.00. The van der Waals surface area contributed by atoms with Crippen molar-refractivity contribution in [3.63, 3.8) is 0 Å². The molecule has 0 aliphatic carbocycles. The maximum Gasteiger partial charge on any atom is 0.162 e. The van der Waals surface area contributed by atoms with Crippen LogP contribution in [0.25, 0.3) is 10.6 Å². The lowest BCUT2D eigenvalue weighted by Crippen LogP contribution is -2.00. The van der Waals surface area contributed by atoms with Gasteiger partial charge in [0.25, 0.3) is 0 Å². The second-order valence-corrected chi connectivity index (χ2v) is 6.36. The standard InChI is InChI=1S/C20H18N2O2S/c1-3-23-19-10-15(11-21)6-9-18(19)24-12-17-13-25-20(22-17)16-7-4-14(2)5-8-16/h4-10,13H,3,12H2,1-2H3. The number of thiazole rings is 1. The monoisotopic (exact) mass is 350 g/mol. The predicted octanol–water partition coefficient (Wildman–Crippen LogP) is 4.97. The van der Waals surface area contributed by atoms with Gasteiger partial charge in [-0.3, -0.25) is 0 Å². The van der Waals surface area contributed by atoms with E-state index < -0.39 is 0 Å². The Morgan fingerprint density at radius 2 is 1.88 bits per heavy atom. The van der Waals surface area contributed by atoms with Crippen LogP contribution in [0.3, 0.4) is 0 Å². The lowest BCUT2D eigenvalue weighted by Gasteiger charge is -2.11. The van der Waals surface area contributed by atoms with E-state index in [0.29, 0.717) is 30.3 Å². The molecule has 1 heterocycles. The number of aromatic nitrogens is 1. The molecule has 0 N–H and O–H groups in total. The summed E-state index contributed by atoms with van der Waals surface area (Å²) in [5, 5.41) is 12.0. The summed E-state index contributed by atoms with van der Waals surface area (Å²) in [5.41, 5.74) is 3.75. The summed E-state index contributed by atoms with van der Waals surface area (Å²) in [6.45, 7) is 4.84. The average Bonchev–Trinajstić information content (AvgIpc) is 3.10. The van der Waals surface area contributed by atoms with Gasteiger partial charge in [0, 0.05) is 17.0 Å². The molecular weight excluding hydrogens is 332 g/mol. The fourth-order valence-electron chi connectivity index (χ4n) is 2.32. The van der Waals surface area contributed by atoms with E-state index in [0.717, 1.165) is 16.3 Å². The molecule has 3 aromatic rings. The van der Waals surface area contributed by atoms with E-state index in [1.165, 1.54) is 5.56 Å². The Balaban J connectivity index is 1.72. The van der Waals surface area contributed by atoms with Crippen molar-refractivity contribution in [2.75, 3.05) is 6.61 Å². The fraction of sp³-hybridized carbons (Fsp3) is 0.200. The molecule has 4 nitrogen and oxygen atoms in total. The van der Waals surface area contributed by atoms with Gasteiger partial charge in [-0.2, -0.15) is 5.26 Å². The molecule has 0 aliphatic heterocycles. The van der Waals surface area contributed by atoms with Crippen LogP contribution in [-0.2, 0) is 6.61 Å². The maximum absolute atomic E-state index is 9.00. The molecule has 0 radical (unpaired) electrons. The van der Waals surface area contributed by atoms with Crippen molar-refractivity contribution >= 4 is 11.3 Å². The van der Waals surface area contributed by atoms with E-state index in [2.05, 4.69) is 42.2 Å². The number of benzene rings is 2. The van der Waals surface area contributed by atoms with Crippen molar-refractivity contribution in [1.29, 1.82) is 5.26 Å². The van der Waals surface area contributed by atoms with Crippen molar-refractivity contribution in [2.24, 2.45) is 0 Å². The molecule has 0 saturated carbocycles. The van der Waals surface area contributed by atoms with E-state index in [9.17, 15) is 0 Å². The molecule has 0 fully saturated rings. The highest BCUT2D eigenvalue weighted by atomic mass is 32.1. The number of aryl methyl sites for hydroxylation is 1. The number of hydrogen-bond acceptors (Lipinski definition) is 5. The van der Waals surface area contributed by atoms with Gasteiger partial charge in [0.15, 0.2) is 11.5 Å². The number of hydrogen-bond donors (Lipinski definition) is 0. The topological polar surface area (TPSA) is 55.1 Å².